The first-order valence-electron chi connectivity index (χ1n) is 7.98. The number of carbonyl (C=O) groups excluding carboxylic acids is 1. The lowest BCUT2D eigenvalue weighted by atomic mass is 9.73. The number of hydrogen-bond acceptors (Lipinski definition) is 5. The van der Waals surface area contributed by atoms with Gasteiger partial charge in [0.25, 0.3) is 0 Å². The number of hydrogen-bond donors (Lipinski definition) is 1. The lowest BCUT2D eigenvalue weighted by Crippen LogP contribution is -2.45. The molecule has 0 radical (unpaired) electrons. The Morgan fingerprint density at radius 2 is 2.08 bits per heavy atom. The number of rotatable bonds is 4. The van der Waals surface area contributed by atoms with Crippen molar-refractivity contribution < 1.29 is 14.5 Å². The summed E-state index contributed by atoms with van der Waals surface area (Å²) in [5, 5.41) is 15.0. The second-order valence-corrected chi connectivity index (χ2v) is 8.01. The maximum atomic E-state index is 12.4. The summed E-state index contributed by atoms with van der Waals surface area (Å²) in [5.74, 6) is -0.905. The molecule has 1 aromatic carbocycles. The first kappa shape index (κ1) is 18.9. The Labute approximate surface area is 150 Å². The summed E-state index contributed by atoms with van der Waals surface area (Å²) in [6, 6.07) is 5.23. The SMILES string of the molecule is CCOC(=O)[C@H]1N[C@@H](c2cccc(Br)c2)[C@@H]([N+](=O)[O-])[C@@H]1C(C)(C)C. The number of halogens is 1. The first-order valence-corrected chi connectivity index (χ1v) is 8.77. The number of nitro groups is 1. The zero-order valence-corrected chi connectivity index (χ0v) is 15.9. The van der Waals surface area contributed by atoms with Gasteiger partial charge in [-0.1, -0.05) is 48.8 Å². The third-order valence-electron chi connectivity index (χ3n) is 4.42. The van der Waals surface area contributed by atoms with E-state index >= 15 is 0 Å². The standard InChI is InChI=1S/C17H23BrN2O4/c1-5-24-16(21)14-12(17(2,3)4)15(20(22)23)13(19-14)10-7-6-8-11(18)9-10/h6-9,12-15,19H,5H2,1-4H3/t12-,13+,14+,15+/m1/s1. The molecule has 1 aliphatic heterocycles. The van der Waals surface area contributed by atoms with E-state index in [0.717, 1.165) is 10.0 Å². The number of nitrogens with one attached hydrogen (secondary N) is 1. The number of nitrogens with zero attached hydrogens (tertiary/aromatic N) is 1. The van der Waals surface area contributed by atoms with E-state index in [4.69, 9.17) is 4.74 Å². The summed E-state index contributed by atoms with van der Waals surface area (Å²) < 4.78 is 6.00. The van der Waals surface area contributed by atoms with Crippen LogP contribution < -0.4 is 5.32 Å². The summed E-state index contributed by atoms with van der Waals surface area (Å²) in [5.41, 5.74) is 0.357. The van der Waals surface area contributed by atoms with Gasteiger partial charge in [-0.3, -0.25) is 20.2 Å². The van der Waals surface area contributed by atoms with Crippen LogP contribution in [0.2, 0.25) is 0 Å². The second kappa shape index (κ2) is 7.19. The monoisotopic (exact) mass is 398 g/mol. The molecule has 1 saturated heterocycles. The van der Waals surface area contributed by atoms with Gasteiger partial charge < -0.3 is 4.74 Å². The molecule has 1 aromatic rings. The van der Waals surface area contributed by atoms with Gasteiger partial charge in [-0.25, -0.2) is 0 Å². The normalized spacial score (nSPS) is 27.0. The van der Waals surface area contributed by atoms with E-state index in [9.17, 15) is 14.9 Å². The molecular weight excluding hydrogens is 376 g/mol. The van der Waals surface area contributed by atoms with Crippen LogP contribution in [0.25, 0.3) is 0 Å². The van der Waals surface area contributed by atoms with Crippen LogP contribution in [0.4, 0.5) is 0 Å². The van der Waals surface area contributed by atoms with Crippen LogP contribution in [-0.4, -0.2) is 29.6 Å². The van der Waals surface area contributed by atoms with Gasteiger partial charge in [-0.05, 0) is 30.0 Å². The van der Waals surface area contributed by atoms with E-state index in [1.54, 1.807) is 6.92 Å². The first-order chi connectivity index (χ1) is 11.2. The summed E-state index contributed by atoms with van der Waals surface area (Å²) in [7, 11) is 0. The molecule has 0 bridgehead atoms. The van der Waals surface area contributed by atoms with Crippen LogP contribution in [-0.2, 0) is 9.53 Å². The van der Waals surface area contributed by atoms with Crippen molar-refractivity contribution in [3.63, 3.8) is 0 Å². The molecular formula is C17H23BrN2O4. The van der Waals surface area contributed by atoms with Crippen molar-refractivity contribution in [3.05, 3.63) is 44.4 Å². The molecule has 0 unspecified atom stereocenters. The third kappa shape index (κ3) is 3.78. The second-order valence-electron chi connectivity index (χ2n) is 7.10. The van der Waals surface area contributed by atoms with Gasteiger partial charge in [0.15, 0.2) is 0 Å². The van der Waals surface area contributed by atoms with Gasteiger partial charge in [0.05, 0.1) is 12.5 Å². The lowest BCUT2D eigenvalue weighted by Gasteiger charge is -2.31. The highest BCUT2D eigenvalue weighted by Gasteiger charge is 2.58. The van der Waals surface area contributed by atoms with Crippen molar-refractivity contribution in [2.24, 2.45) is 11.3 Å². The van der Waals surface area contributed by atoms with Gasteiger partial charge in [-0.2, -0.15) is 0 Å². The fraction of sp³-hybridized carbons (Fsp3) is 0.588. The Hall–Kier alpha value is -1.47. The van der Waals surface area contributed by atoms with E-state index in [1.165, 1.54) is 0 Å². The minimum absolute atomic E-state index is 0.249. The Morgan fingerprint density at radius 1 is 1.42 bits per heavy atom. The van der Waals surface area contributed by atoms with Crippen molar-refractivity contribution in [3.8, 4) is 0 Å². The highest BCUT2D eigenvalue weighted by atomic mass is 79.9. The number of esters is 1. The van der Waals surface area contributed by atoms with E-state index in [2.05, 4.69) is 21.2 Å². The van der Waals surface area contributed by atoms with Gasteiger partial charge in [0, 0.05) is 9.40 Å². The minimum Gasteiger partial charge on any atom is -0.465 e. The summed E-state index contributed by atoms with van der Waals surface area (Å²) in [6.45, 7) is 7.75. The van der Waals surface area contributed by atoms with Crippen molar-refractivity contribution in [2.75, 3.05) is 6.61 Å². The number of benzene rings is 1. The van der Waals surface area contributed by atoms with Crippen molar-refractivity contribution in [2.45, 2.75) is 45.8 Å². The molecule has 24 heavy (non-hydrogen) atoms. The van der Waals surface area contributed by atoms with Gasteiger partial charge in [0.2, 0.25) is 6.04 Å². The molecule has 0 spiro atoms. The third-order valence-corrected chi connectivity index (χ3v) is 4.91. The molecule has 2 rings (SSSR count). The zero-order chi connectivity index (χ0) is 18.1. The van der Waals surface area contributed by atoms with Crippen LogP contribution in [0, 0.1) is 21.4 Å². The van der Waals surface area contributed by atoms with E-state index in [-0.39, 0.29) is 11.5 Å². The van der Waals surface area contributed by atoms with Crippen LogP contribution in [0.5, 0.6) is 0 Å². The molecule has 132 valence electrons. The maximum Gasteiger partial charge on any atom is 0.323 e. The van der Waals surface area contributed by atoms with Crippen LogP contribution in [0.15, 0.2) is 28.7 Å². The summed E-state index contributed by atoms with van der Waals surface area (Å²) in [6.07, 6.45) is 0. The smallest absolute Gasteiger partial charge is 0.323 e. The Kier molecular flexibility index (Phi) is 5.65. The van der Waals surface area contributed by atoms with Crippen molar-refractivity contribution in [1.82, 2.24) is 5.32 Å². The zero-order valence-electron chi connectivity index (χ0n) is 14.3. The molecule has 1 N–H and O–H groups in total. The molecule has 0 amide bonds. The van der Waals surface area contributed by atoms with E-state index in [1.807, 2.05) is 45.0 Å². The predicted octanol–water partition coefficient (Wildman–Crippen LogP) is 3.33. The average Bonchev–Trinajstić information content (AvgIpc) is 2.88. The van der Waals surface area contributed by atoms with E-state index in [0.29, 0.717) is 0 Å². The highest BCUT2D eigenvalue weighted by Crippen LogP contribution is 2.44. The largest absolute Gasteiger partial charge is 0.465 e. The van der Waals surface area contributed by atoms with Gasteiger partial charge >= 0.3 is 5.97 Å². The van der Waals surface area contributed by atoms with E-state index < -0.39 is 35.4 Å². The average molecular weight is 399 g/mol. The van der Waals surface area contributed by atoms with Gasteiger partial charge in [-0.15, -0.1) is 0 Å². The van der Waals surface area contributed by atoms with Crippen LogP contribution >= 0.6 is 15.9 Å². The fourth-order valence-electron chi connectivity index (χ4n) is 3.51. The van der Waals surface area contributed by atoms with Gasteiger partial charge in [0.1, 0.15) is 12.1 Å². The molecule has 4 atom stereocenters. The number of carbonyl (C=O) groups is 1. The van der Waals surface area contributed by atoms with Crippen LogP contribution in [0.3, 0.4) is 0 Å². The Morgan fingerprint density at radius 3 is 2.58 bits per heavy atom. The number of ether oxygens (including phenoxy) is 1. The van der Waals surface area contributed by atoms with Crippen LogP contribution in [0.1, 0.15) is 39.3 Å². The fourth-order valence-corrected chi connectivity index (χ4v) is 3.92. The highest BCUT2D eigenvalue weighted by molar-refractivity contribution is 9.10. The van der Waals surface area contributed by atoms with Crippen molar-refractivity contribution >= 4 is 21.9 Å². The van der Waals surface area contributed by atoms with Crippen molar-refractivity contribution in [1.29, 1.82) is 0 Å². The molecule has 0 saturated carbocycles. The summed E-state index contributed by atoms with van der Waals surface area (Å²) in [4.78, 5) is 24.0. The molecule has 1 aliphatic rings. The molecule has 0 aliphatic carbocycles. The quantitative estimate of drug-likeness (QED) is 0.477. The molecule has 7 heteroatoms. The Bertz CT molecular complexity index is 629. The molecule has 0 aromatic heterocycles. The minimum atomic E-state index is -0.909. The Balaban J connectivity index is 2.48. The molecule has 1 heterocycles. The lowest BCUT2D eigenvalue weighted by molar-refractivity contribution is -0.535. The topological polar surface area (TPSA) is 81.5 Å². The molecule has 6 nitrogen and oxygen atoms in total. The summed E-state index contributed by atoms with van der Waals surface area (Å²) >= 11 is 3.40. The predicted molar refractivity (Wildman–Crippen MR) is 94.2 cm³/mol. The molecule has 1 fully saturated rings. The maximum absolute atomic E-state index is 12.4.